The topological polar surface area (TPSA) is 64.3 Å². The molecule has 0 aliphatic heterocycles. The summed E-state index contributed by atoms with van der Waals surface area (Å²) in [7, 11) is 1.59. The van der Waals surface area contributed by atoms with Crippen molar-refractivity contribution in [2.24, 2.45) is 5.73 Å². The number of nitrogens with one attached hydrogen (secondary N) is 1. The fourth-order valence-electron chi connectivity index (χ4n) is 1.74. The standard InChI is InChI=1S/C12H16N2O2.ClH/c1-16-10-5-2-4-9(8-10)14-11(15)12(13)6-3-7-12;/h2,4-5,8H,3,6-7,13H2,1H3,(H,14,15);1H. The Morgan fingerprint density at radius 2 is 2.18 bits per heavy atom. The molecule has 1 aromatic rings. The van der Waals surface area contributed by atoms with Crippen LogP contribution < -0.4 is 15.8 Å². The van der Waals surface area contributed by atoms with Crippen molar-refractivity contribution in [2.45, 2.75) is 24.8 Å². The van der Waals surface area contributed by atoms with E-state index >= 15 is 0 Å². The lowest BCUT2D eigenvalue weighted by atomic mass is 9.77. The Labute approximate surface area is 107 Å². The number of ether oxygens (including phenoxy) is 1. The highest BCUT2D eigenvalue weighted by Crippen LogP contribution is 2.30. The first-order valence-corrected chi connectivity index (χ1v) is 5.38. The number of rotatable bonds is 3. The molecule has 0 radical (unpaired) electrons. The van der Waals surface area contributed by atoms with E-state index < -0.39 is 5.54 Å². The fraction of sp³-hybridized carbons (Fsp3) is 0.417. The van der Waals surface area contributed by atoms with Gasteiger partial charge in [0.15, 0.2) is 0 Å². The van der Waals surface area contributed by atoms with Gasteiger partial charge >= 0.3 is 0 Å². The average Bonchev–Trinajstić information content (AvgIpc) is 2.26. The minimum absolute atomic E-state index is 0. The van der Waals surface area contributed by atoms with Crippen molar-refractivity contribution in [2.75, 3.05) is 12.4 Å². The van der Waals surface area contributed by atoms with Crippen LogP contribution in [0, 0.1) is 0 Å². The van der Waals surface area contributed by atoms with Gasteiger partial charge in [0.1, 0.15) is 5.75 Å². The molecule has 0 saturated heterocycles. The lowest BCUT2D eigenvalue weighted by Crippen LogP contribution is -2.56. The highest BCUT2D eigenvalue weighted by Gasteiger charge is 2.40. The SMILES string of the molecule is COc1cccc(NC(=O)C2(N)CCC2)c1.Cl. The van der Waals surface area contributed by atoms with Crippen LogP contribution in [-0.2, 0) is 4.79 Å². The molecule has 1 aliphatic rings. The van der Waals surface area contributed by atoms with Crippen molar-refractivity contribution in [1.29, 1.82) is 0 Å². The molecule has 1 aliphatic carbocycles. The van der Waals surface area contributed by atoms with Crippen LogP contribution in [0.2, 0.25) is 0 Å². The molecule has 94 valence electrons. The second-order valence-corrected chi connectivity index (χ2v) is 4.20. The van der Waals surface area contributed by atoms with Gasteiger partial charge in [-0.3, -0.25) is 4.79 Å². The molecule has 3 N–H and O–H groups in total. The van der Waals surface area contributed by atoms with E-state index in [0.29, 0.717) is 0 Å². The minimum atomic E-state index is -0.664. The average molecular weight is 257 g/mol. The number of amides is 1. The number of anilines is 1. The van der Waals surface area contributed by atoms with E-state index in [9.17, 15) is 4.79 Å². The lowest BCUT2D eigenvalue weighted by Gasteiger charge is -2.36. The van der Waals surface area contributed by atoms with Gasteiger partial charge in [-0.05, 0) is 31.4 Å². The highest BCUT2D eigenvalue weighted by atomic mass is 35.5. The predicted molar refractivity (Wildman–Crippen MR) is 69.6 cm³/mol. The molecular weight excluding hydrogens is 240 g/mol. The molecule has 1 fully saturated rings. The summed E-state index contributed by atoms with van der Waals surface area (Å²) in [5.74, 6) is 0.615. The van der Waals surface area contributed by atoms with E-state index in [-0.39, 0.29) is 18.3 Å². The van der Waals surface area contributed by atoms with Crippen LogP contribution in [-0.4, -0.2) is 18.6 Å². The summed E-state index contributed by atoms with van der Waals surface area (Å²) in [5, 5.41) is 2.82. The van der Waals surface area contributed by atoms with E-state index in [1.165, 1.54) is 0 Å². The van der Waals surface area contributed by atoms with Crippen LogP contribution in [0.5, 0.6) is 5.75 Å². The fourth-order valence-corrected chi connectivity index (χ4v) is 1.74. The number of benzene rings is 1. The molecule has 1 saturated carbocycles. The van der Waals surface area contributed by atoms with Gasteiger partial charge in [-0.1, -0.05) is 6.07 Å². The van der Waals surface area contributed by atoms with Gasteiger partial charge in [0.05, 0.1) is 12.6 Å². The molecular formula is C12H17ClN2O2. The maximum absolute atomic E-state index is 11.8. The highest BCUT2D eigenvalue weighted by molar-refractivity contribution is 5.98. The molecule has 0 unspecified atom stereocenters. The quantitative estimate of drug-likeness (QED) is 0.869. The van der Waals surface area contributed by atoms with Crippen LogP contribution >= 0.6 is 12.4 Å². The van der Waals surface area contributed by atoms with Crippen LogP contribution in [0.15, 0.2) is 24.3 Å². The molecule has 17 heavy (non-hydrogen) atoms. The first-order valence-electron chi connectivity index (χ1n) is 5.38. The molecule has 0 aromatic heterocycles. The Morgan fingerprint density at radius 3 is 2.71 bits per heavy atom. The van der Waals surface area contributed by atoms with E-state index in [2.05, 4.69) is 5.32 Å². The van der Waals surface area contributed by atoms with Crippen LogP contribution in [0.25, 0.3) is 0 Å². The summed E-state index contributed by atoms with van der Waals surface area (Å²) < 4.78 is 5.08. The van der Waals surface area contributed by atoms with Gasteiger partial charge in [0, 0.05) is 11.8 Å². The zero-order valence-electron chi connectivity index (χ0n) is 9.73. The second kappa shape index (κ2) is 5.38. The molecule has 5 heteroatoms. The number of carbonyl (C=O) groups is 1. The number of halogens is 1. The number of methoxy groups -OCH3 is 1. The summed E-state index contributed by atoms with van der Waals surface area (Å²) in [6, 6.07) is 7.26. The monoisotopic (exact) mass is 256 g/mol. The zero-order chi connectivity index (χ0) is 11.6. The third-order valence-corrected chi connectivity index (χ3v) is 3.03. The third-order valence-electron chi connectivity index (χ3n) is 3.03. The largest absolute Gasteiger partial charge is 0.497 e. The van der Waals surface area contributed by atoms with Crippen molar-refractivity contribution in [3.8, 4) is 5.75 Å². The Kier molecular flexibility index (Phi) is 4.37. The summed E-state index contributed by atoms with van der Waals surface area (Å²) in [5.41, 5.74) is 5.98. The van der Waals surface area contributed by atoms with Crippen molar-refractivity contribution in [3.05, 3.63) is 24.3 Å². The van der Waals surface area contributed by atoms with Crippen molar-refractivity contribution in [1.82, 2.24) is 0 Å². The number of nitrogens with two attached hydrogens (primary N) is 1. The normalized spacial score (nSPS) is 16.4. The molecule has 2 rings (SSSR count). The summed E-state index contributed by atoms with van der Waals surface area (Å²) in [6.45, 7) is 0. The van der Waals surface area contributed by atoms with Gasteiger partial charge < -0.3 is 15.8 Å². The van der Waals surface area contributed by atoms with Crippen molar-refractivity contribution >= 4 is 24.0 Å². The van der Waals surface area contributed by atoms with Crippen molar-refractivity contribution < 1.29 is 9.53 Å². The molecule has 0 bridgehead atoms. The molecule has 0 spiro atoms. The van der Waals surface area contributed by atoms with Crippen LogP contribution in [0.4, 0.5) is 5.69 Å². The number of hydrogen-bond donors (Lipinski definition) is 2. The third kappa shape index (κ3) is 2.90. The van der Waals surface area contributed by atoms with E-state index in [4.69, 9.17) is 10.5 Å². The molecule has 0 atom stereocenters. The molecule has 1 aromatic carbocycles. The number of carbonyl (C=O) groups excluding carboxylic acids is 1. The summed E-state index contributed by atoms with van der Waals surface area (Å²) in [6.07, 6.45) is 2.56. The predicted octanol–water partition coefficient (Wildman–Crippen LogP) is 1.94. The maximum Gasteiger partial charge on any atom is 0.244 e. The van der Waals surface area contributed by atoms with Gasteiger partial charge in [0.25, 0.3) is 0 Å². The molecule has 1 amide bonds. The molecule has 4 nitrogen and oxygen atoms in total. The maximum atomic E-state index is 11.8. The first kappa shape index (κ1) is 13.8. The van der Waals surface area contributed by atoms with E-state index in [1.54, 1.807) is 13.2 Å². The Bertz CT molecular complexity index is 405. The van der Waals surface area contributed by atoms with Crippen molar-refractivity contribution in [3.63, 3.8) is 0 Å². The van der Waals surface area contributed by atoms with Crippen LogP contribution in [0.3, 0.4) is 0 Å². The lowest BCUT2D eigenvalue weighted by molar-refractivity contribution is -0.123. The van der Waals surface area contributed by atoms with Gasteiger partial charge in [0.2, 0.25) is 5.91 Å². The zero-order valence-corrected chi connectivity index (χ0v) is 10.5. The molecule has 0 heterocycles. The van der Waals surface area contributed by atoms with Gasteiger partial charge in [-0.25, -0.2) is 0 Å². The van der Waals surface area contributed by atoms with Crippen LogP contribution in [0.1, 0.15) is 19.3 Å². The van der Waals surface area contributed by atoms with Gasteiger partial charge in [-0.15, -0.1) is 12.4 Å². The summed E-state index contributed by atoms with van der Waals surface area (Å²) >= 11 is 0. The smallest absolute Gasteiger partial charge is 0.244 e. The Balaban J connectivity index is 0.00000144. The summed E-state index contributed by atoms with van der Waals surface area (Å²) in [4.78, 5) is 11.8. The number of hydrogen-bond acceptors (Lipinski definition) is 3. The van der Waals surface area contributed by atoms with E-state index in [0.717, 1.165) is 30.7 Å². The van der Waals surface area contributed by atoms with E-state index in [1.807, 2.05) is 18.2 Å². The Morgan fingerprint density at radius 1 is 1.47 bits per heavy atom. The Hall–Kier alpha value is -1.26. The minimum Gasteiger partial charge on any atom is -0.497 e. The van der Waals surface area contributed by atoms with Gasteiger partial charge in [-0.2, -0.15) is 0 Å². The second-order valence-electron chi connectivity index (χ2n) is 4.20. The first-order chi connectivity index (χ1) is 7.64.